The van der Waals surface area contributed by atoms with E-state index in [1.807, 2.05) is 6.33 Å². The van der Waals surface area contributed by atoms with Crippen LogP contribution in [0.5, 0.6) is 0 Å². The maximum atomic E-state index is 12.0. The fourth-order valence-electron chi connectivity index (χ4n) is 2.95. The lowest BCUT2D eigenvalue weighted by molar-refractivity contribution is -0.124. The number of hydrogen-bond acceptors (Lipinski definition) is 2. The predicted octanol–water partition coefficient (Wildman–Crippen LogP) is 1.60. The molecule has 4 heteroatoms. The van der Waals surface area contributed by atoms with Gasteiger partial charge in [-0.2, -0.15) is 0 Å². The van der Waals surface area contributed by atoms with Crippen molar-refractivity contribution in [1.29, 1.82) is 0 Å². The van der Waals surface area contributed by atoms with Gasteiger partial charge in [0.15, 0.2) is 0 Å². The van der Waals surface area contributed by atoms with E-state index in [2.05, 4.69) is 14.9 Å². The highest BCUT2D eigenvalue weighted by molar-refractivity contribution is 5.80. The van der Waals surface area contributed by atoms with Crippen LogP contribution in [0.2, 0.25) is 0 Å². The zero-order chi connectivity index (χ0) is 11.7. The van der Waals surface area contributed by atoms with Gasteiger partial charge >= 0.3 is 0 Å². The first-order valence-electron chi connectivity index (χ1n) is 6.68. The van der Waals surface area contributed by atoms with Gasteiger partial charge in [-0.05, 0) is 44.9 Å². The van der Waals surface area contributed by atoms with Crippen LogP contribution in [0.3, 0.4) is 0 Å². The molecular formula is C13H19N3O. The Bertz CT molecular complexity index is 424. The molecule has 1 aliphatic carbocycles. The molecule has 1 aliphatic heterocycles. The standard InChI is InChI=1S/C13H19N3O/c17-13-12(7-3-4-8-14-13)16-9-15-10-5-1-2-6-11(10)16/h9,12H,1-8H2,(H,14,17). The van der Waals surface area contributed by atoms with Gasteiger partial charge in [-0.15, -0.1) is 0 Å². The van der Waals surface area contributed by atoms with Gasteiger partial charge in [0.05, 0.1) is 12.0 Å². The van der Waals surface area contributed by atoms with Gasteiger partial charge in [0, 0.05) is 12.2 Å². The summed E-state index contributed by atoms with van der Waals surface area (Å²) in [4.78, 5) is 16.5. The Balaban J connectivity index is 1.91. The highest BCUT2D eigenvalue weighted by Gasteiger charge is 2.26. The number of aromatic nitrogens is 2. The lowest BCUT2D eigenvalue weighted by Crippen LogP contribution is -2.31. The number of rotatable bonds is 1. The summed E-state index contributed by atoms with van der Waals surface area (Å²) in [5, 5.41) is 3.00. The molecule has 1 N–H and O–H groups in total. The number of carbonyl (C=O) groups excluding carboxylic acids is 1. The molecule has 0 saturated carbocycles. The number of nitrogens with zero attached hydrogens (tertiary/aromatic N) is 2. The Hall–Kier alpha value is -1.32. The average molecular weight is 233 g/mol. The van der Waals surface area contributed by atoms with Crippen molar-refractivity contribution in [2.45, 2.75) is 51.0 Å². The van der Waals surface area contributed by atoms with Gasteiger partial charge in [0.25, 0.3) is 0 Å². The molecule has 92 valence electrons. The van der Waals surface area contributed by atoms with Crippen molar-refractivity contribution in [3.63, 3.8) is 0 Å². The number of nitrogens with one attached hydrogen (secondary N) is 1. The van der Waals surface area contributed by atoms with Gasteiger partial charge in [0.1, 0.15) is 6.04 Å². The Kier molecular flexibility index (Phi) is 2.87. The molecular weight excluding hydrogens is 214 g/mol. The molecule has 1 saturated heterocycles. The second-order valence-corrected chi connectivity index (χ2v) is 5.05. The van der Waals surface area contributed by atoms with Crippen LogP contribution in [0, 0.1) is 0 Å². The molecule has 2 heterocycles. The number of carbonyl (C=O) groups is 1. The molecule has 1 unspecified atom stereocenters. The zero-order valence-corrected chi connectivity index (χ0v) is 10.1. The van der Waals surface area contributed by atoms with E-state index < -0.39 is 0 Å². The molecule has 0 bridgehead atoms. The fraction of sp³-hybridized carbons (Fsp3) is 0.692. The lowest BCUT2D eigenvalue weighted by Gasteiger charge is -2.20. The smallest absolute Gasteiger partial charge is 0.243 e. The van der Waals surface area contributed by atoms with Crippen LogP contribution < -0.4 is 5.32 Å². The molecule has 4 nitrogen and oxygen atoms in total. The third-order valence-electron chi connectivity index (χ3n) is 3.90. The monoisotopic (exact) mass is 233 g/mol. The van der Waals surface area contributed by atoms with Crippen LogP contribution >= 0.6 is 0 Å². The predicted molar refractivity (Wildman–Crippen MR) is 64.8 cm³/mol. The maximum Gasteiger partial charge on any atom is 0.243 e. The summed E-state index contributed by atoms with van der Waals surface area (Å²) >= 11 is 0. The SMILES string of the molecule is O=C1NCCCCC1n1cnc2c1CCCC2. The van der Waals surface area contributed by atoms with Gasteiger partial charge < -0.3 is 9.88 Å². The van der Waals surface area contributed by atoms with Crippen LogP contribution in [0.25, 0.3) is 0 Å². The summed E-state index contributed by atoms with van der Waals surface area (Å²) < 4.78 is 2.13. The van der Waals surface area contributed by atoms with Crippen molar-refractivity contribution in [3.8, 4) is 0 Å². The highest BCUT2D eigenvalue weighted by Crippen LogP contribution is 2.26. The summed E-state index contributed by atoms with van der Waals surface area (Å²) in [6, 6.07) is -0.0214. The number of fused-ring (bicyclic) bond motifs is 1. The first-order chi connectivity index (χ1) is 8.36. The van der Waals surface area contributed by atoms with E-state index in [9.17, 15) is 4.79 Å². The minimum atomic E-state index is -0.0214. The molecule has 2 aliphatic rings. The van der Waals surface area contributed by atoms with Gasteiger partial charge in [0.2, 0.25) is 5.91 Å². The fourth-order valence-corrected chi connectivity index (χ4v) is 2.95. The minimum Gasteiger partial charge on any atom is -0.354 e. The molecule has 1 atom stereocenters. The largest absolute Gasteiger partial charge is 0.354 e. The van der Waals surface area contributed by atoms with E-state index >= 15 is 0 Å². The molecule has 1 aromatic rings. The Morgan fingerprint density at radius 3 is 3.06 bits per heavy atom. The summed E-state index contributed by atoms with van der Waals surface area (Å²) in [7, 11) is 0. The topological polar surface area (TPSA) is 46.9 Å². The normalized spacial score (nSPS) is 24.9. The van der Waals surface area contributed by atoms with Crippen LogP contribution in [-0.4, -0.2) is 22.0 Å². The molecule has 1 aromatic heterocycles. The first-order valence-corrected chi connectivity index (χ1v) is 6.68. The van der Waals surface area contributed by atoms with Crippen LogP contribution in [0.1, 0.15) is 49.5 Å². The second kappa shape index (κ2) is 4.51. The lowest BCUT2D eigenvalue weighted by atomic mass is 10.00. The van der Waals surface area contributed by atoms with Gasteiger partial charge in [-0.3, -0.25) is 4.79 Å². The van der Waals surface area contributed by atoms with E-state index in [1.54, 1.807) is 0 Å². The minimum absolute atomic E-state index is 0.0214. The highest BCUT2D eigenvalue weighted by atomic mass is 16.2. The third kappa shape index (κ3) is 1.96. The number of imidazole rings is 1. The molecule has 0 spiro atoms. The van der Waals surface area contributed by atoms with Gasteiger partial charge in [-0.25, -0.2) is 4.98 Å². The summed E-state index contributed by atoms with van der Waals surface area (Å²) in [5.74, 6) is 0.174. The third-order valence-corrected chi connectivity index (χ3v) is 3.90. The van der Waals surface area contributed by atoms with Crippen LogP contribution in [-0.2, 0) is 17.6 Å². The molecule has 3 rings (SSSR count). The summed E-state index contributed by atoms with van der Waals surface area (Å²) in [6.45, 7) is 0.826. The number of amides is 1. The van der Waals surface area contributed by atoms with Crippen molar-refractivity contribution >= 4 is 5.91 Å². The van der Waals surface area contributed by atoms with E-state index in [0.717, 1.165) is 38.6 Å². The second-order valence-electron chi connectivity index (χ2n) is 5.05. The van der Waals surface area contributed by atoms with Crippen molar-refractivity contribution in [1.82, 2.24) is 14.9 Å². The van der Waals surface area contributed by atoms with Crippen LogP contribution in [0.15, 0.2) is 6.33 Å². The quantitative estimate of drug-likeness (QED) is 0.801. The van der Waals surface area contributed by atoms with E-state index in [4.69, 9.17) is 0 Å². The average Bonchev–Trinajstić information content (AvgIpc) is 2.66. The van der Waals surface area contributed by atoms with Crippen molar-refractivity contribution in [3.05, 3.63) is 17.7 Å². The number of hydrogen-bond donors (Lipinski definition) is 1. The van der Waals surface area contributed by atoms with E-state index in [0.29, 0.717) is 0 Å². The van der Waals surface area contributed by atoms with E-state index in [1.165, 1.54) is 24.2 Å². The van der Waals surface area contributed by atoms with E-state index in [-0.39, 0.29) is 11.9 Å². The van der Waals surface area contributed by atoms with Crippen molar-refractivity contribution in [2.24, 2.45) is 0 Å². The van der Waals surface area contributed by atoms with Crippen molar-refractivity contribution in [2.75, 3.05) is 6.54 Å². The summed E-state index contributed by atoms with van der Waals surface area (Å²) in [6.07, 6.45) is 9.68. The zero-order valence-electron chi connectivity index (χ0n) is 10.1. The molecule has 17 heavy (non-hydrogen) atoms. The molecule has 1 fully saturated rings. The molecule has 0 radical (unpaired) electrons. The Labute approximate surface area is 101 Å². The van der Waals surface area contributed by atoms with Crippen LogP contribution in [0.4, 0.5) is 0 Å². The maximum absolute atomic E-state index is 12.0. The van der Waals surface area contributed by atoms with Gasteiger partial charge in [-0.1, -0.05) is 0 Å². The molecule has 0 aromatic carbocycles. The Morgan fingerprint density at radius 1 is 1.24 bits per heavy atom. The first kappa shape index (κ1) is 10.8. The van der Waals surface area contributed by atoms with Crippen molar-refractivity contribution < 1.29 is 4.79 Å². The number of aryl methyl sites for hydroxylation is 1. The Morgan fingerprint density at radius 2 is 2.12 bits per heavy atom. The summed E-state index contributed by atoms with van der Waals surface area (Å²) in [5.41, 5.74) is 2.52. The molecule has 1 amide bonds.